The standard InChI is InChI=1S/C29H24F6N4O/c1-17(21-13-15-23(28(30,31)32)38-26(21)36-19-9-5-3-6-10-19)25(40)18(2)22-14-16-24(29(33,34)35)39-27(22)37-20-11-7-4-8-12-20/h3-18H,1-2H3,(H,36,38)(H,37,39). The summed E-state index contributed by atoms with van der Waals surface area (Å²) in [5, 5.41) is 5.71. The quantitative estimate of drug-likeness (QED) is 0.212. The van der Waals surface area contributed by atoms with Gasteiger partial charge in [-0.15, -0.1) is 0 Å². The fraction of sp³-hybridized carbons (Fsp3) is 0.207. The number of hydrogen-bond donors (Lipinski definition) is 2. The van der Waals surface area contributed by atoms with E-state index < -0.39 is 41.4 Å². The smallest absolute Gasteiger partial charge is 0.340 e. The highest BCUT2D eigenvalue weighted by molar-refractivity contribution is 5.93. The van der Waals surface area contributed by atoms with E-state index in [-0.39, 0.29) is 22.8 Å². The molecular formula is C29H24F6N4O. The van der Waals surface area contributed by atoms with E-state index >= 15 is 0 Å². The van der Waals surface area contributed by atoms with Crippen molar-refractivity contribution >= 4 is 28.8 Å². The van der Waals surface area contributed by atoms with E-state index in [1.54, 1.807) is 60.7 Å². The summed E-state index contributed by atoms with van der Waals surface area (Å²) in [6.07, 6.45) is -9.42. The number of anilines is 4. The number of halogens is 6. The van der Waals surface area contributed by atoms with Crippen LogP contribution in [0.4, 0.5) is 49.4 Å². The lowest BCUT2D eigenvalue weighted by molar-refractivity contribution is -0.141. The highest BCUT2D eigenvalue weighted by Gasteiger charge is 2.36. The van der Waals surface area contributed by atoms with Gasteiger partial charge in [0.25, 0.3) is 0 Å². The first-order chi connectivity index (χ1) is 18.8. The topological polar surface area (TPSA) is 66.9 Å². The van der Waals surface area contributed by atoms with E-state index in [0.717, 1.165) is 12.1 Å². The molecule has 2 unspecified atom stereocenters. The van der Waals surface area contributed by atoms with E-state index in [4.69, 9.17) is 0 Å². The van der Waals surface area contributed by atoms with Crippen molar-refractivity contribution in [2.45, 2.75) is 38.0 Å². The molecule has 2 heterocycles. The molecule has 11 heteroatoms. The van der Waals surface area contributed by atoms with E-state index in [1.165, 1.54) is 26.0 Å². The lowest BCUT2D eigenvalue weighted by Gasteiger charge is -2.22. The number of para-hydroxylation sites is 2. The fourth-order valence-electron chi connectivity index (χ4n) is 4.15. The number of carbonyl (C=O) groups is 1. The summed E-state index contributed by atoms with van der Waals surface area (Å²) in [6, 6.07) is 20.7. The van der Waals surface area contributed by atoms with Crippen LogP contribution in [0, 0.1) is 0 Å². The maximum absolute atomic E-state index is 13.7. The maximum Gasteiger partial charge on any atom is 0.433 e. The van der Waals surface area contributed by atoms with Gasteiger partial charge in [-0.05, 0) is 36.4 Å². The van der Waals surface area contributed by atoms with E-state index in [2.05, 4.69) is 20.6 Å². The number of carbonyl (C=O) groups excluding carboxylic acids is 1. The molecule has 4 rings (SSSR count). The van der Waals surface area contributed by atoms with Crippen molar-refractivity contribution in [3.63, 3.8) is 0 Å². The highest BCUT2D eigenvalue weighted by Crippen LogP contribution is 2.38. The van der Waals surface area contributed by atoms with Gasteiger partial charge >= 0.3 is 12.4 Å². The summed E-state index contributed by atoms with van der Waals surface area (Å²) >= 11 is 0. The second kappa shape index (κ2) is 11.4. The first-order valence-corrected chi connectivity index (χ1v) is 12.2. The molecule has 0 saturated heterocycles. The second-order valence-corrected chi connectivity index (χ2v) is 9.09. The minimum atomic E-state index is -4.71. The molecule has 208 valence electrons. The summed E-state index contributed by atoms with van der Waals surface area (Å²) in [4.78, 5) is 21.2. The average molecular weight is 559 g/mol. The molecule has 2 aromatic heterocycles. The molecule has 0 fully saturated rings. The van der Waals surface area contributed by atoms with Crippen LogP contribution < -0.4 is 10.6 Å². The Morgan fingerprint density at radius 1 is 0.600 bits per heavy atom. The molecule has 0 amide bonds. The monoisotopic (exact) mass is 558 g/mol. The lowest BCUT2D eigenvalue weighted by atomic mass is 9.85. The molecule has 40 heavy (non-hydrogen) atoms. The Bertz CT molecular complexity index is 1360. The number of hydrogen-bond acceptors (Lipinski definition) is 5. The van der Waals surface area contributed by atoms with Gasteiger partial charge in [0, 0.05) is 34.3 Å². The Balaban J connectivity index is 1.71. The van der Waals surface area contributed by atoms with Crippen LogP contribution >= 0.6 is 0 Å². The summed E-state index contributed by atoms with van der Waals surface area (Å²) in [5.41, 5.74) is -0.946. The fourth-order valence-corrected chi connectivity index (χ4v) is 4.15. The van der Waals surface area contributed by atoms with E-state index in [9.17, 15) is 31.1 Å². The molecule has 0 aliphatic carbocycles. The minimum Gasteiger partial charge on any atom is -0.340 e. The van der Waals surface area contributed by atoms with E-state index in [1.807, 2.05) is 0 Å². The Hall–Kier alpha value is -4.41. The van der Waals surface area contributed by atoms with Gasteiger partial charge in [-0.25, -0.2) is 9.97 Å². The van der Waals surface area contributed by atoms with Crippen LogP contribution in [0.3, 0.4) is 0 Å². The van der Waals surface area contributed by atoms with Crippen molar-refractivity contribution in [1.29, 1.82) is 0 Å². The number of pyridine rings is 2. The van der Waals surface area contributed by atoms with Crippen LogP contribution in [0.15, 0.2) is 84.9 Å². The number of benzene rings is 2. The molecule has 5 nitrogen and oxygen atoms in total. The zero-order valence-electron chi connectivity index (χ0n) is 21.3. The number of aromatic nitrogens is 2. The van der Waals surface area contributed by atoms with Crippen molar-refractivity contribution in [3.05, 3.63) is 107 Å². The van der Waals surface area contributed by atoms with Gasteiger partial charge in [0.15, 0.2) is 0 Å². The van der Waals surface area contributed by atoms with Gasteiger partial charge in [-0.2, -0.15) is 26.3 Å². The molecular weight excluding hydrogens is 534 g/mol. The van der Waals surface area contributed by atoms with Gasteiger partial charge in [0.2, 0.25) is 0 Å². The number of ketones is 1. The Kier molecular flexibility index (Phi) is 8.13. The minimum absolute atomic E-state index is 0.151. The van der Waals surface area contributed by atoms with Crippen molar-refractivity contribution < 1.29 is 31.1 Å². The maximum atomic E-state index is 13.7. The first kappa shape index (κ1) is 28.6. The van der Waals surface area contributed by atoms with Crippen molar-refractivity contribution in [2.24, 2.45) is 0 Å². The Morgan fingerprint density at radius 3 is 1.27 bits per heavy atom. The number of rotatable bonds is 8. The van der Waals surface area contributed by atoms with Crippen LogP contribution in [0.2, 0.25) is 0 Å². The average Bonchev–Trinajstić information content (AvgIpc) is 2.92. The molecule has 4 aromatic rings. The molecule has 0 aliphatic rings. The van der Waals surface area contributed by atoms with Crippen LogP contribution in [0.5, 0.6) is 0 Å². The first-order valence-electron chi connectivity index (χ1n) is 12.2. The van der Waals surface area contributed by atoms with Gasteiger partial charge in [0.1, 0.15) is 28.8 Å². The van der Waals surface area contributed by atoms with Gasteiger partial charge < -0.3 is 10.6 Å². The zero-order valence-corrected chi connectivity index (χ0v) is 21.3. The molecule has 2 aromatic carbocycles. The highest BCUT2D eigenvalue weighted by atomic mass is 19.4. The zero-order chi connectivity index (χ0) is 29.1. The van der Waals surface area contributed by atoms with E-state index in [0.29, 0.717) is 11.4 Å². The van der Waals surface area contributed by atoms with Crippen LogP contribution in [0.1, 0.15) is 48.2 Å². The van der Waals surface area contributed by atoms with Gasteiger partial charge in [-0.1, -0.05) is 62.4 Å². The summed E-state index contributed by atoms with van der Waals surface area (Å²) in [6.45, 7) is 3.03. The SMILES string of the molecule is CC(C(=O)C(C)c1ccc(C(F)(F)F)nc1Nc1ccccc1)c1ccc(C(F)(F)F)nc1Nc1ccccc1. The number of alkyl halides is 6. The molecule has 0 radical (unpaired) electrons. The van der Waals surface area contributed by atoms with Gasteiger partial charge in [0.05, 0.1) is 0 Å². The Morgan fingerprint density at radius 2 is 0.950 bits per heavy atom. The van der Waals surface area contributed by atoms with Gasteiger partial charge in [-0.3, -0.25) is 4.79 Å². The third-order valence-electron chi connectivity index (χ3n) is 6.29. The molecule has 2 atom stereocenters. The predicted octanol–water partition coefficient (Wildman–Crippen LogP) is 8.48. The molecule has 2 N–H and O–H groups in total. The summed E-state index contributed by atoms with van der Waals surface area (Å²) in [7, 11) is 0. The number of Topliss-reactive ketones (excluding diaryl/α,β-unsaturated/α-hetero) is 1. The van der Waals surface area contributed by atoms with Crippen molar-refractivity contribution in [2.75, 3.05) is 10.6 Å². The van der Waals surface area contributed by atoms with Crippen LogP contribution in [-0.2, 0) is 17.1 Å². The molecule has 0 spiro atoms. The number of nitrogens with zero attached hydrogens (tertiary/aromatic N) is 2. The summed E-state index contributed by atoms with van der Waals surface area (Å²) in [5.74, 6) is -2.69. The Labute approximate surface area is 226 Å². The second-order valence-electron chi connectivity index (χ2n) is 9.09. The van der Waals surface area contributed by atoms with Crippen LogP contribution in [-0.4, -0.2) is 15.8 Å². The normalized spacial score (nSPS) is 13.4. The van der Waals surface area contributed by atoms with Crippen molar-refractivity contribution in [3.8, 4) is 0 Å². The lowest BCUT2D eigenvalue weighted by Crippen LogP contribution is -2.21. The molecule has 0 bridgehead atoms. The third-order valence-corrected chi connectivity index (χ3v) is 6.29. The predicted molar refractivity (Wildman–Crippen MR) is 140 cm³/mol. The summed E-state index contributed by atoms with van der Waals surface area (Å²) < 4.78 is 80.6. The molecule has 0 saturated carbocycles. The molecule has 0 aliphatic heterocycles. The van der Waals surface area contributed by atoms with Crippen LogP contribution in [0.25, 0.3) is 0 Å². The number of nitrogens with one attached hydrogen (secondary N) is 2. The largest absolute Gasteiger partial charge is 0.433 e. The third kappa shape index (κ3) is 6.59. The van der Waals surface area contributed by atoms with Crippen molar-refractivity contribution in [1.82, 2.24) is 9.97 Å².